The van der Waals surface area contributed by atoms with Crippen LogP contribution in [0, 0.1) is 0 Å². The summed E-state index contributed by atoms with van der Waals surface area (Å²) in [6.07, 6.45) is 0.710. The van der Waals surface area contributed by atoms with Crippen LogP contribution in [0.3, 0.4) is 0 Å². The molecule has 0 bridgehead atoms. The predicted molar refractivity (Wildman–Crippen MR) is 101 cm³/mol. The van der Waals surface area contributed by atoms with E-state index in [2.05, 4.69) is 29.0 Å². The lowest BCUT2D eigenvalue weighted by atomic mass is 10.1. The van der Waals surface area contributed by atoms with Crippen LogP contribution in [0.15, 0.2) is 29.6 Å². The van der Waals surface area contributed by atoms with E-state index in [9.17, 15) is 4.79 Å². The van der Waals surface area contributed by atoms with Crippen molar-refractivity contribution in [3.05, 3.63) is 45.9 Å². The molecule has 5 nitrogen and oxygen atoms in total. The second-order valence-electron chi connectivity index (χ2n) is 6.41. The van der Waals surface area contributed by atoms with Gasteiger partial charge in [-0.2, -0.15) is 0 Å². The lowest BCUT2D eigenvalue weighted by molar-refractivity contribution is -0.115. The number of aromatic nitrogens is 1. The zero-order chi connectivity index (χ0) is 17.8. The van der Waals surface area contributed by atoms with Gasteiger partial charge in [0.05, 0.1) is 24.3 Å². The molecule has 1 N–H and O–H groups in total. The third-order valence-electron chi connectivity index (χ3n) is 3.99. The number of hydrogen-bond acceptors (Lipinski definition) is 5. The van der Waals surface area contributed by atoms with Gasteiger partial charge in [-0.15, -0.1) is 11.3 Å². The van der Waals surface area contributed by atoms with Gasteiger partial charge in [0, 0.05) is 30.0 Å². The van der Waals surface area contributed by atoms with E-state index in [0.29, 0.717) is 10.2 Å². The van der Waals surface area contributed by atoms with Crippen LogP contribution in [0.25, 0.3) is 0 Å². The minimum Gasteiger partial charge on any atom is -0.373 e. The Hall–Kier alpha value is -1.47. The highest BCUT2D eigenvalue weighted by Crippen LogP contribution is 2.20. The van der Waals surface area contributed by atoms with Gasteiger partial charge in [0.15, 0.2) is 5.13 Å². The first-order valence-electron chi connectivity index (χ1n) is 8.35. The highest BCUT2D eigenvalue weighted by Gasteiger charge is 2.22. The molecule has 7 heteroatoms. The number of hydrogen-bond donors (Lipinski definition) is 1. The molecule has 1 fully saturated rings. The Morgan fingerprint density at radius 1 is 1.36 bits per heavy atom. The van der Waals surface area contributed by atoms with Gasteiger partial charge >= 0.3 is 0 Å². The molecule has 134 valence electrons. The fourth-order valence-corrected chi connectivity index (χ4v) is 3.98. The van der Waals surface area contributed by atoms with Crippen molar-refractivity contribution in [3.63, 3.8) is 0 Å². The SMILES string of the molecule is CC1CN(Cc2csc(NC(=O)Cc3ccccc3Cl)n2)CC(C)O1. The molecule has 1 amide bonds. The molecule has 0 saturated carbocycles. The predicted octanol–water partition coefficient (Wildman–Crippen LogP) is 3.59. The molecule has 0 radical (unpaired) electrons. The largest absolute Gasteiger partial charge is 0.373 e. The van der Waals surface area contributed by atoms with E-state index in [4.69, 9.17) is 16.3 Å². The normalized spacial score (nSPS) is 21.2. The summed E-state index contributed by atoms with van der Waals surface area (Å²) in [7, 11) is 0. The number of thiazole rings is 1. The van der Waals surface area contributed by atoms with Crippen molar-refractivity contribution in [3.8, 4) is 0 Å². The van der Waals surface area contributed by atoms with Gasteiger partial charge in [-0.1, -0.05) is 29.8 Å². The molecule has 1 aromatic carbocycles. The first-order valence-corrected chi connectivity index (χ1v) is 9.61. The lowest BCUT2D eigenvalue weighted by Crippen LogP contribution is -2.44. The summed E-state index contributed by atoms with van der Waals surface area (Å²) in [5, 5.41) is 6.09. The fraction of sp³-hybridized carbons (Fsp3) is 0.444. The van der Waals surface area contributed by atoms with E-state index in [1.807, 2.05) is 23.6 Å². The first kappa shape index (κ1) is 18.3. The Balaban J connectivity index is 1.54. The monoisotopic (exact) mass is 379 g/mol. The summed E-state index contributed by atoms with van der Waals surface area (Å²) < 4.78 is 5.75. The summed E-state index contributed by atoms with van der Waals surface area (Å²) in [6, 6.07) is 7.37. The zero-order valence-electron chi connectivity index (χ0n) is 14.4. The van der Waals surface area contributed by atoms with Crippen molar-refractivity contribution in [1.82, 2.24) is 9.88 Å². The van der Waals surface area contributed by atoms with Crippen LogP contribution < -0.4 is 5.32 Å². The third-order valence-corrected chi connectivity index (χ3v) is 5.16. The lowest BCUT2D eigenvalue weighted by Gasteiger charge is -2.34. The van der Waals surface area contributed by atoms with Crippen LogP contribution in [0.5, 0.6) is 0 Å². The number of rotatable bonds is 5. The van der Waals surface area contributed by atoms with Crippen LogP contribution in [-0.4, -0.2) is 41.1 Å². The van der Waals surface area contributed by atoms with Crippen molar-refractivity contribution < 1.29 is 9.53 Å². The molecule has 2 aromatic rings. The average molecular weight is 380 g/mol. The summed E-state index contributed by atoms with van der Waals surface area (Å²) in [4.78, 5) is 19.1. The van der Waals surface area contributed by atoms with Gasteiger partial charge in [-0.25, -0.2) is 4.98 Å². The number of halogens is 1. The molecule has 0 spiro atoms. The van der Waals surface area contributed by atoms with Gasteiger partial charge in [0.2, 0.25) is 5.91 Å². The molecule has 1 aromatic heterocycles. The minimum atomic E-state index is -0.109. The minimum absolute atomic E-state index is 0.109. The molecule has 2 heterocycles. The van der Waals surface area contributed by atoms with E-state index in [1.54, 1.807) is 6.07 Å². The van der Waals surface area contributed by atoms with Crippen LogP contribution in [-0.2, 0) is 22.5 Å². The first-order chi connectivity index (χ1) is 12.0. The number of nitrogens with zero attached hydrogens (tertiary/aromatic N) is 2. The summed E-state index contributed by atoms with van der Waals surface area (Å²) in [6.45, 7) is 6.75. The maximum absolute atomic E-state index is 12.2. The van der Waals surface area contributed by atoms with E-state index < -0.39 is 0 Å². The van der Waals surface area contributed by atoms with Crippen molar-refractivity contribution >= 4 is 34.0 Å². The molecule has 3 rings (SSSR count). The fourth-order valence-electron chi connectivity index (χ4n) is 3.06. The van der Waals surface area contributed by atoms with Crippen molar-refractivity contribution in [2.75, 3.05) is 18.4 Å². The molecule has 2 atom stereocenters. The number of nitrogens with one attached hydrogen (secondary N) is 1. The molecule has 2 unspecified atom stereocenters. The van der Waals surface area contributed by atoms with Crippen LogP contribution in [0.2, 0.25) is 5.02 Å². The van der Waals surface area contributed by atoms with Crippen molar-refractivity contribution in [2.24, 2.45) is 0 Å². The Labute approximate surface area is 157 Å². The maximum atomic E-state index is 12.2. The number of carbonyl (C=O) groups excluding carboxylic acids is 1. The Morgan fingerprint density at radius 3 is 2.80 bits per heavy atom. The number of morpholine rings is 1. The van der Waals surface area contributed by atoms with E-state index in [1.165, 1.54) is 11.3 Å². The summed E-state index contributed by atoms with van der Waals surface area (Å²) in [5.74, 6) is -0.109. The molecule has 0 aliphatic carbocycles. The number of anilines is 1. The third kappa shape index (κ3) is 5.25. The van der Waals surface area contributed by atoms with Crippen LogP contribution in [0.4, 0.5) is 5.13 Å². The summed E-state index contributed by atoms with van der Waals surface area (Å²) in [5.41, 5.74) is 1.79. The standard InChI is InChI=1S/C18H22ClN3O2S/c1-12-8-22(9-13(2)24-12)10-15-11-25-18(20-15)21-17(23)7-14-5-3-4-6-16(14)19/h3-6,11-13H,7-10H2,1-2H3,(H,20,21,23). The van der Waals surface area contributed by atoms with Gasteiger partial charge in [0.25, 0.3) is 0 Å². The van der Waals surface area contributed by atoms with E-state index in [0.717, 1.165) is 30.9 Å². The molecule has 1 aliphatic heterocycles. The second-order valence-corrected chi connectivity index (χ2v) is 7.68. The number of carbonyl (C=O) groups is 1. The molecular formula is C18H22ClN3O2S. The number of ether oxygens (including phenoxy) is 1. The number of amides is 1. The smallest absolute Gasteiger partial charge is 0.230 e. The van der Waals surface area contributed by atoms with Gasteiger partial charge in [-0.05, 0) is 25.5 Å². The topological polar surface area (TPSA) is 54.5 Å². The van der Waals surface area contributed by atoms with Crippen molar-refractivity contribution in [1.29, 1.82) is 0 Å². The number of benzene rings is 1. The van der Waals surface area contributed by atoms with E-state index in [-0.39, 0.29) is 24.5 Å². The molecule has 1 aliphatic rings. The van der Waals surface area contributed by atoms with Gasteiger partial charge in [-0.3, -0.25) is 9.69 Å². The summed E-state index contributed by atoms with van der Waals surface area (Å²) >= 11 is 7.55. The molecule has 25 heavy (non-hydrogen) atoms. The Kier molecular flexibility index (Phi) is 6.06. The van der Waals surface area contributed by atoms with Gasteiger partial charge in [0.1, 0.15) is 0 Å². The van der Waals surface area contributed by atoms with Crippen LogP contribution >= 0.6 is 22.9 Å². The molecule has 1 saturated heterocycles. The maximum Gasteiger partial charge on any atom is 0.230 e. The zero-order valence-corrected chi connectivity index (χ0v) is 15.9. The highest BCUT2D eigenvalue weighted by atomic mass is 35.5. The second kappa shape index (κ2) is 8.27. The van der Waals surface area contributed by atoms with Crippen molar-refractivity contribution in [2.45, 2.75) is 39.0 Å². The Morgan fingerprint density at radius 2 is 2.08 bits per heavy atom. The highest BCUT2D eigenvalue weighted by molar-refractivity contribution is 7.13. The van der Waals surface area contributed by atoms with Crippen LogP contribution in [0.1, 0.15) is 25.1 Å². The van der Waals surface area contributed by atoms with Gasteiger partial charge < -0.3 is 10.1 Å². The van der Waals surface area contributed by atoms with E-state index >= 15 is 0 Å². The Bertz CT molecular complexity index is 727. The average Bonchev–Trinajstić information content (AvgIpc) is 2.95. The quantitative estimate of drug-likeness (QED) is 0.862. The molecular weight excluding hydrogens is 358 g/mol.